The van der Waals surface area contributed by atoms with E-state index in [-0.39, 0.29) is 12.2 Å². The molecule has 0 fully saturated rings. The van der Waals surface area contributed by atoms with Gasteiger partial charge in [0.1, 0.15) is 17.2 Å². The van der Waals surface area contributed by atoms with E-state index in [1.807, 2.05) is 6.92 Å². The highest BCUT2D eigenvalue weighted by atomic mass is 16.5. The molecule has 0 unspecified atom stereocenters. The van der Waals surface area contributed by atoms with Crippen molar-refractivity contribution in [3.05, 3.63) is 84.0 Å². The van der Waals surface area contributed by atoms with E-state index in [9.17, 15) is 14.4 Å². The van der Waals surface area contributed by atoms with Gasteiger partial charge in [0.05, 0.1) is 25.4 Å². The van der Waals surface area contributed by atoms with Gasteiger partial charge in [0.2, 0.25) is 0 Å². The van der Waals surface area contributed by atoms with Crippen molar-refractivity contribution < 1.29 is 38.4 Å². The van der Waals surface area contributed by atoms with Crippen LogP contribution < -0.4 is 14.2 Å². The molecule has 0 bridgehead atoms. The van der Waals surface area contributed by atoms with Gasteiger partial charge >= 0.3 is 17.9 Å². The van der Waals surface area contributed by atoms with E-state index in [1.54, 1.807) is 55.5 Å². The molecule has 2 rings (SSSR count). The lowest BCUT2D eigenvalue weighted by atomic mass is 10.0. The zero-order valence-electron chi connectivity index (χ0n) is 20.5. The van der Waals surface area contributed by atoms with Crippen LogP contribution in [0.4, 0.5) is 0 Å². The molecule has 0 spiro atoms. The number of aliphatic hydroxyl groups excluding tert-OH is 1. The smallest absolute Gasteiger partial charge is 0.338 e. The van der Waals surface area contributed by atoms with E-state index in [0.717, 1.165) is 11.1 Å². The fourth-order valence-electron chi connectivity index (χ4n) is 2.80. The molecule has 0 heterocycles. The molecule has 190 valence electrons. The number of esters is 3. The molecule has 0 saturated carbocycles. The third kappa shape index (κ3) is 9.23. The van der Waals surface area contributed by atoms with Crippen molar-refractivity contribution in [2.24, 2.45) is 0 Å². The van der Waals surface area contributed by atoms with Crippen molar-refractivity contribution in [1.82, 2.24) is 0 Å². The predicted molar refractivity (Wildman–Crippen MR) is 135 cm³/mol. The number of benzene rings is 2. The van der Waals surface area contributed by atoms with Crippen LogP contribution in [-0.4, -0.2) is 42.8 Å². The van der Waals surface area contributed by atoms with Gasteiger partial charge in [0.25, 0.3) is 0 Å². The Balaban J connectivity index is 1.83. The topological polar surface area (TPSA) is 108 Å². The van der Waals surface area contributed by atoms with Crippen molar-refractivity contribution >= 4 is 24.0 Å². The molecule has 0 aliphatic carbocycles. The molecule has 0 radical (unpaired) electrons. The second kappa shape index (κ2) is 14.3. The average Bonchev–Trinajstić information content (AvgIpc) is 2.87. The maximum absolute atomic E-state index is 12.2. The number of carbonyl (C=O) groups is 3. The monoisotopic (exact) mass is 494 g/mol. The summed E-state index contributed by atoms with van der Waals surface area (Å²) in [5.74, 6) is -0.343. The van der Waals surface area contributed by atoms with Crippen LogP contribution in [0.25, 0.3) is 6.08 Å². The first-order chi connectivity index (χ1) is 17.2. The summed E-state index contributed by atoms with van der Waals surface area (Å²) >= 11 is 0. The maximum Gasteiger partial charge on any atom is 0.338 e. The Kier molecular flexibility index (Phi) is 11.1. The van der Waals surface area contributed by atoms with Crippen molar-refractivity contribution in [3.8, 4) is 17.2 Å². The second-order valence-electron chi connectivity index (χ2n) is 7.71. The van der Waals surface area contributed by atoms with E-state index in [1.165, 1.54) is 6.08 Å². The Labute approximate surface area is 210 Å². The molecular formula is C28H30O8. The normalized spacial score (nSPS) is 10.5. The number of hydrogen-bond acceptors (Lipinski definition) is 8. The standard InChI is InChI=1S/C28H30O8/c1-5-21-17-25(36-27(31)19(2)3)9-7-22(21)8-14-26(30)35-24-12-10-23(11-13-24)33-15-6-16-34-28(32)20(4)18-29/h7-14,17,29H,2,4-6,15-16,18H2,1,3H3/b14-8+. The average molecular weight is 495 g/mol. The predicted octanol–water partition coefficient (Wildman–Crippen LogP) is 4.21. The van der Waals surface area contributed by atoms with Gasteiger partial charge in [0, 0.05) is 18.1 Å². The van der Waals surface area contributed by atoms with E-state index in [0.29, 0.717) is 42.3 Å². The summed E-state index contributed by atoms with van der Waals surface area (Å²) in [6.07, 6.45) is 4.11. The lowest BCUT2D eigenvalue weighted by molar-refractivity contribution is -0.139. The summed E-state index contributed by atoms with van der Waals surface area (Å²) in [7, 11) is 0. The third-order valence-electron chi connectivity index (χ3n) is 4.77. The van der Waals surface area contributed by atoms with E-state index < -0.39 is 24.5 Å². The molecule has 0 saturated heterocycles. The molecule has 1 N–H and O–H groups in total. The highest BCUT2D eigenvalue weighted by Gasteiger charge is 2.09. The van der Waals surface area contributed by atoms with Crippen molar-refractivity contribution in [3.63, 3.8) is 0 Å². The summed E-state index contributed by atoms with van der Waals surface area (Å²) in [6, 6.07) is 11.7. The zero-order chi connectivity index (χ0) is 26.5. The van der Waals surface area contributed by atoms with Crippen LogP contribution >= 0.6 is 0 Å². The fourth-order valence-corrected chi connectivity index (χ4v) is 2.80. The van der Waals surface area contributed by atoms with Crippen LogP contribution in [0.2, 0.25) is 0 Å². The molecule has 8 heteroatoms. The molecule has 0 atom stereocenters. The van der Waals surface area contributed by atoms with Crippen molar-refractivity contribution in [2.45, 2.75) is 26.7 Å². The lowest BCUT2D eigenvalue weighted by Gasteiger charge is -2.09. The Hall–Kier alpha value is -4.17. The molecule has 2 aromatic rings. The molecule has 0 aromatic heterocycles. The van der Waals surface area contributed by atoms with Gasteiger partial charge in [-0.2, -0.15) is 0 Å². The van der Waals surface area contributed by atoms with Crippen molar-refractivity contribution in [2.75, 3.05) is 19.8 Å². The third-order valence-corrected chi connectivity index (χ3v) is 4.77. The summed E-state index contributed by atoms with van der Waals surface area (Å²) in [4.78, 5) is 35.3. The van der Waals surface area contributed by atoms with Crippen molar-refractivity contribution in [1.29, 1.82) is 0 Å². The Bertz CT molecular complexity index is 1130. The summed E-state index contributed by atoms with van der Waals surface area (Å²) in [5, 5.41) is 8.81. The van der Waals surface area contributed by atoms with Gasteiger partial charge < -0.3 is 24.1 Å². The minimum Gasteiger partial charge on any atom is -0.493 e. The lowest BCUT2D eigenvalue weighted by Crippen LogP contribution is -2.12. The molecule has 0 aliphatic rings. The highest BCUT2D eigenvalue weighted by molar-refractivity contribution is 5.90. The second-order valence-corrected chi connectivity index (χ2v) is 7.71. The first-order valence-electron chi connectivity index (χ1n) is 11.3. The van der Waals surface area contributed by atoms with Gasteiger partial charge in [-0.25, -0.2) is 14.4 Å². The summed E-state index contributed by atoms with van der Waals surface area (Å²) in [6.45, 7) is 10.5. The minimum atomic E-state index is -0.634. The quantitative estimate of drug-likeness (QED) is 0.191. The number of aryl methyl sites for hydroxylation is 1. The van der Waals surface area contributed by atoms with Crippen LogP contribution in [-0.2, 0) is 25.5 Å². The Morgan fingerprint density at radius 2 is 1.58 bits per heavy atom. The van der Waals surface area contributed by atoms with Gasteiger partial charge in [-0.05, 0) is 66.9 Å². The SMILES string of the molecule is C=C(C)C(=O)Oc1ccc(/C=C/C(=O)Oc2ccc(OCCCOC(=O)C(=C)CO)cc2)c(CC)c1. The summed E-state index contributed by atoms with van der Waals surface area (Å²) < 4.78 is 21.1. The number of rotatable bonds is 13. The number of carbonyl (C=O) groups excluding carboxylic acids is 3. The van der Waals surface area contributed by atoms with Gasteiger partial charge in [0.15, 0.2) is 0 Å². The van der Waals surface area contributed by atoms with Crippen LogP contribution in [0.15, 0.2) is 72.8 Å². The molecule has 0 aliphatic heterocycles. The molecular weight excluding hydrogens is 464 g/mol. The van der Waals surface area contributed by atoms with Crippen LogP contribution in [0.3, 0.4) is 0 Å². The van der Waals surface area contributed by atoms with Gasteiger partial charge in [-0.3, -0.25) is 0 Å². The molecule has 8 nitrogen and oxygen atoms in total. The van der Waals surface area contributed by atoms with E-state index in [2.05, 4.69) is 13.2 Å². The molecule has 36 heavy (non-hydrogen) atoms. The Morgan fingerprint density at radius 1 is 0.917 bits per heavy atom. The fraction of sp³-hybridized carbons (Fsp3) is 0.250. The number of ether oxygens (including phenoxy) is 4. The maximum atomic E-state index is 12.2. The van der Waals surface area contributed by atoms with E-state index in [4.69, 9.17) is 24.1 Å². The van der Waals surface area contributed by atoms with Gasteiger partial charge in [-0.15, -0.1) is 0 Å². The first-order valence-corrected chi connectivity index (χ1v) is 11.3. The number of hydrogen-bond donors (Lipinski definition) is 1. The largest absolute Gasteiger partial charge is 0.493 e. The van der Waals surface area contributed by atoms with Crippen LogP contribution in [0, 0.1) is 0 Å². The highest BCUT2D eigenvalue weighted by Crippen LogP contribution is 2.21. The van der Waals surface area contributed by atoms with E-state index >= 15 is 0 Å². The Morgan fingerprint density at radius 3 is 2.22 bits per heavy atom. The minimum absolute atomic E-state index is 0.00113. The molecule has 2 aromatic carbocycles. The molecule has 0 amide bonds. The number of aliphatic hydroxyl groups is 1. The van der Waals surface area contributed by atoms with Crippen LogP contribution in [0.1, 0.15) is 31.4 Å². The first kappa shape index (κ1) is 28.1. The van der Waals surface area contributed by atoms with Crippen LogP contribution in [0.5, 0.6) is 17.2 Å². The van der Waals surface area contributed by atoms with Gasteiger partial charge in [-0.1, -0.05) is 26.1 Å². The summed E-state index contributed by atoms with van der Waals surface area (Å²) in [5.41, 5.74) is 2.02. The zero-order valence-corrected chi connectivity index (χ0v) is 20.5.